The van der Waals surface area contributed by atoms with Gasteiger partial charge in [0.2, 0.25) is 0 Å². The molecule has 8 heteroatoms. The van der Waals surface area contributed by atoms with Gasteiger partial charge in [-0.3, -0.25) is 4.79 Å². The lowest BCUT2D eigenvalue weighted by atomic mass is 10.1. The van der Waals surface area contributed by atoms with Gasteiger partial charge in [0.25, 0.3) is 0 Å². The third kappa shape index (κ3) is 4.30. The normalized spacial score (nSPS) is 12.4. The molecule has 1 aliphatic carbocycles. The van der Waals surface area contributed by atoms with Gasteiger partial charge in [-0.2, -0.15) is 0 Å². The second kappa shape index (κ2) is 8.35. The topological polar surface area (TPSA) is 84.9 Å². The average molecular weight is 502 g/mol. The first-order valence-corrected chi connectivity index (χ1v) is 9.85. The van der Waals surface area contributed by atoms with Crippen molar-refractivity contribution in [2.75, 3.05) is 11.9 Å². The Bertz CT molecular complexity index is 915. The number of phenolic OH excluding ortho intramolecular Hbond substituents is 1. The third-order valence-corrected chi connectivity index (χ3v) is 5.30. The monoisotopic (exact) mass is 501 g/mol. The third-order valence-electron chi connectivity index (χ3n) is 4.15. The molecule has 2 N–H and O–H groups in total. The van der Waals surface area contributed by atoms with Gasteiger partial charge < -0.3 is 19.9 Å². The van der Waals surface area contributed by atoms with Crippen molar-refractivity contribution in [3.8, 4) is 17.2 Å². The minimum Gasteiger partial charge on any atom is -0.507 e. The van der Waals surface area contributed by atoms with Crippen LogP contribution in [-0.4, -0.2) is 23.6 Å². The number of hydrogen-bond donors (Lipinski definition) is 2. The number of aromatic hydroxyl groups is 1. The molecule has 0 spiro atoms. The predicted octanol–water partition coefficient (Wildman–Crippen LogP) is 4.43. The fourth-order valence-electron chi connectivity index (χ4n) is 2.98. The first-order valence-electron chi connectivity index (χ1n) is 8.39. The van der Waals surface area contributed by atoms with Crippen LogP contribution in [0.3, 0.4) is 0 Å². The summed E-state index contributed by atoms with van der Waals surface area (Å²) in [7, 11) is 0. The maximum absolute atomic E-state index is 12.0. The zero-order valence-electron chi connectivity index (χ0n) is 14.5. The number of hydrogen-bond acceptors (Lipinski definition) is 5. The second-order valence-electron chi connectivity index (χ2n) is 5.94. The highest BCUT2D eigenvalue weighted by Gasteiger charge is 2.25. The molecule has 0 fully saturated rings. The van der Waals surface area contributed by atoms with Gasteiger partial charge >= 0.3 is 11.9 Å². The maximum atomic E-state index is 12.0. The number of carbonyl (C=O) groups excluding carboxylic acids is 2. The Morgan fingerprint density at radius 1 is 1.26 bits per heavy atom. The van der Waals surface area contributed by atoms with Crippen LogP contribution in [0, 0.1) is 3.57 Å². The fourth-order valence-corrected chi connectivity index (χ4v) is 3.72. The number of carbonyl (C=O) groups is 2. The number of amides is 1. The zero-order valence-corrected chi connectivity index (χ0v) is 17.4. The average Bonchev–Trinajstić information content (AvgIpc) is 3.11. The molecule has 2 aromatic carbocycles. The Morgan fingerprint density at radius 3 is 2.70 bits per heavy atom. The number of nitrogens with one attached hydrogen (secondary N) is 1. The first kappa shape index (κ1) is 19.8. The molecule has 0 atom stereocenters. The van der Waals surface area contributed by atoms with Crippen molar-refractivity contribution in [3.63, 3.8) is 0 Å². The van der Waals surface area contributed by atoms with Crippen LogP contribution < -0.4 is 10.1 Å². The van der Waals surface area contributed by atoms with Crippen LogP contribution >= 0.6 is 34.2 Å². The van der Waals surface area contributed by atoms with Crippen LogP contribution in [0.25, 0.3) is 0 Å². The first-order chi connectivity index (χ1) is 12.9. The Kier molecular flexibility index (Phi) is 6.11. The van der Waals surface area contributed by atoms with Gasteiger partial charge in [0.1, 0.15) is 17.2 Å². The van der Waals surface area contributed by atoms with Crippen molar-refractivity contribution >= 4 is 51.8 Å². The highest BCUT2D eigenvalue weighted by atomic mass is 127. The van der Waals surface area contributed by atoms with Gasteiger partial charge in [0, 0.05) is 11.3 Å². The van der Waals surface area contributed by atoms with Crippen LogP contribution in [0.15, 0.2) is 24.3 Å². The number of anilines is 1. The van der Waals surface area contributed by atoms with E-state index in [4.69, 9.17) is 21.1 Å². The van der Waals surface area contributed by atoms with Crippen LogP contribution in [0.1, 0.15) is 24.5 Å². The summed E-state index contributed by atoms with van der Waals surface area (Å²) in [6.45, 7) is 1.76. The smallest absolute Gasteiger partial charge is 0.397 e. The molecule has 1 aliphatic rings. The summed E-state index contributed by atoms with van der Waals surface area (Å²) in [5, 5.41) is 12.6. The quantitative estimate of drug-likeness (QED) is 0.368. The summed E-state index contributed by atoms with van der Waals surface area (Å²) >= 11 is 8.43. The molecule has 0 bridgehead atoms. The number of ether oxygens (including phenoxy) is 2. The van der Waals surface area contributed by atoms with E-state index in [9.17, 15) is 14.7 Å². The minimum absolute atomic E-state index is 0.128. The summed E-state index contributed by atoms with van der Waals surface area (Å²) in [6.07, 6.45) is 2.39. The largest absolute Gasteiger partial charge is 0.507 e. The van der Waals surface area contributed by atoms with Crippen LogP contribution in [0.4, 0.5) is 5.69 Å². The van der Waals surface area contributed by atoms with E-state index in [1.165, 1.54) is 0 Å². The lowest BCUT2D eigenvalue weighted by molar-refractivity contribution is -0.152. The molecular weight excluding hydrogens is 485 g/mol. The SMILES string of the molecule is CCOC(=O)C(=O)Nc1cc(Cl)c(Oc2ccc(O)c(I)c2)c2c1CCC2. The van der Waals surface area contributed by atoms with Crippen molar-refractivity contribution in [2.24, 2.45) is 0 Å². The van der Waals surface area contributed by atoms with E-state index in [1.54, 1.807) is 31.2 Å². The van der Waals surface area contributed by atoms with E-state index in [0.29, 0.717) is 25.8 Å². The number of halogens is 2. The molecular formula is C19H17ClINO5. The van der Waals surface area contributed by atoms with Crippen LogP contribution in [-0.2, 0) is 27.2 Å². The zero-order chi connectivity index (χ0) is 19.6. The van der Waals surface area contributed by atoms with Gasteiger partial charge in [-0.05, 0) is 78.6 Å². The van der Waals surface area contributed by atoms with Crippen LogP contribution in [0.2, 0.25) is 5.02 Å². The van der Waals surface area contributed by atoms with Crippen LogP contribution in [0.5, 0.6) is 17.2 Å². The highest BCUT2D eigenvalue weighted by molar-refractivity contribution is 14.1. The lowest BCUT2D eigenvalue weighted by Gasteiger charge is -2.16. The molecule has 27 heavy (non-hydrogen) atoms. The molecule has 0 unspecified atom stereocenters. The molecule has 0 heterocycles. The second-order valence-corrected chi connectivity index (χ2v) is 7.50. The molecule has 0 radical (unpaired) electrons. The summed E-state index contributed by atoms with van der Waals surface area (Å²) in [5.41, 5.74) is 2.31. The summed E-state index contributed by atoms with van der Waals surface area (Å²) in [6, 6.07) is 6.51. The molecule has 0 saturated heterocycles. The van der Waals surface area contributed by atoms with Gasteiger partial charge in [-0.25, -0.2) is 4.79 Å². The van der Waals surface area contributed by atoms with Crippen molar-refractivity contribution in [1.82, 2.24) is 0 Å². The number of esters is 1. The van der Waals surface area contributed by atoms with Gasteiger partial charge in [0.05, 0.1) is 15.2 Å². The fraction of sp³-hybridized carbons (Fsp3) is 0.263. The van der Waals surface area contributed by atoms with E-state index >= 15 is 0 Å². The Morgan fingerprint density at radius 2 is 2.00 bits per heavy atom. The van der Waals surface area contributed by atoms with Gasteiger partial charge in [-0.15, -0.1) is 0 Å². The molecule has 1 amide bonds. The molecule has 0 saturated carbocycles. The minimum atomic E-state index is -0.931. The van der Waals surface area contributed by atoms with E-state index < -0.39 is 11.9 Å². The predicted molar refractivity (Wildman–Crippen MR) is 110 cm³/mol. The van der Waals surface area contributed by atoms with Crippen molar-refractivity contribution in [1.29, 1.82) is 0 Å². The Balaban J connectivity index is 1.91. The molecule has 3 rings (SSSR count). The standard InChI is InChI=1S/C19H17ClINO5/c1-2-26-19(25)18(24)22-15-9-13(20)17(12-5-3-4-11(12)15)27-10-6-7-16(23)14(21)8-10/h6-9,23H,2-5H2,1H3,(H,22,24). The number of benzene rings is 2. The van der Waals surface area contributed by atoms with E-state index in [1.807, 2.05) is 22.6 Å². The van der Waals surface area contributed by atoms with Crippen molar-refractivity contribution in [2.45, 2.75) is 26.2 Å². The van der Waals surface area contributed by atoms with E-state index in [0.717, 1.165) is 30.4 Å². The lowest BCUT2D eigenvalue weighted by Crippen LogP contribution is -2.25. The van der Waals surface area contributed by atoms with E-state index in [-0.39, 0.29) is 12.4 Å². The van der Waals surface area contributed by atoms with Crippen molar-refractivity contribution in [3.05, 3.63) is 44.0 Å². The van der Waals surface area contributed by atoms with Gasteiger partial charge in [0.15, 0.2) is 0 Å². The Hall–Kier alpha value is -2.00. The number of fused-ring (bicyclic) bond motifs is 1. The summed E-state index contributed by atoms with van der Waals surface area (Å²) in [4.78, 5) is 23.6. The number of phenols is 1. The van der Waals surface area contributed by atoms with Gasteiger partial charge in [-0.1, -0.05) is 11.6 Å². The molecule has 0 aliphatic heterocycles. The summed E-state index contributed by atoms with van der Waals surface area (Å²) < 4.78 is 11.4. The maximum Gasteiger partial charge on any atom is 0.397 e. The molecule has 6 nitrogen and oxygen atoms in total. The molecule has 2 aromatic rings. The summed E-state index contributed by atoms with van der Waals surface area (Å²) in [5.74, 6) is -0.504. The van der Waals surface area contributed by atoms with Crippen molar-refractivity contribution < 1.29 is 24.2 Å². The molecule has 142 valence electrons. The van der Waals surface area contributed by atoms with E-state index in [2.05, 4.69) is 5.32 Å². The Labute approximate surface area is 174 Å². The number of rotatable bonds is 4. The molecule has 0 aromatic heterocycles. The highest BCUT2D eigenvalue weighted by Crippen LogP contribution is 2.43.